The third kappa shape index (κ3) is 4.66. The third-order valence-electron chi connectivity index (χ3n) is 5.35. The van der Waals surface area contributed by atoms with Gasteiger partial charge in [0.2, 0.25) is 15.9 Å². The molecule has 0 spiro atoms. The van der Waals surface area contributed by atoms with E-state index in [-0.39, 0.29) is 11.4 Å². The van der Waals surface area contributed by atoms with E-state index in [2.05, 4.69) is 5.32 Å². The second kappa shape index (κ2) is 9.09. The predicted octanol–water partition coefficient (Wildman–Crippen LogP) is 0.525. The molecule has 0 saturated heterocycles. The standard InChI is InChI=1S/C22H26N4O5S/c1-15-6-5-7-16(12-15)10-11-23-20(27)14-24(2)32(30,31)17-8-9-18-19(13-17)26(4)22(29)21(28)25(18)3/h5-9,12-13H,10-11,14H2,1-4H3,(H,23,27). The molecule has 0 unspecified atom stereocenters. The van der Waals surface area contributed by atoms with Crippen LogP contribution < -0.4 is 16.4 Å². The molecule has 170 valence electrons. The van der Waals surface area contributed by atoms with Crippen LogP contribution in [0.3, 0.4) is 0 Å². The van der Waals surface area contributed by atoms with Crippen molar-refractivity contribution in [3.63, 3.8) is 0 Å². The third-order valence-corrected chi connectivity index (χ3v) is 7.15. The van der Waals surface area contributed by atoms with Gasteiger partial charge in [-0.3, -0.25) is 14.4 Å². The molecule has 2 aromatic carbocycles. The van der Waals surface area contributed by atoms with Gasteiger partial charge >= 0.3 is 11.1 Å². The van der Waals surface area contributed by atoms with Gasteiger partial charge in [0.15, 0.2) is 0 Å². The Labute approximate surface area is 186 Å². The fourth-order valence-electron chi connectivity index (χ4n) is 3.46. The SMILES string of the molecule is Cc1cccc(CCNC(=O)CN(C)S(=O)(=O)c2ccc3c(c2)n(C)c(=O)c(=O)n3C)c1. The lowest BCUT2D eigenvalue weighted by Crippen LogP contribution is -2.40. The van der Waals surface area contributed by atoms with Crippen molar-refractivity contribution in [3.8, 4) is 0 Å². The van der Waals surface area contributed by atoms with Gasteiger partial charge in [0.05, 0.1) is 22.5 Å². The fourth-order valence-corrected chi connectivity index (χ4v) is 4.61. The van der Waals surface area contributed by atoms with Crippen molar-refractivity contribution in [2.45, 2.75) is 18.2 Å². The fraction of sp³-hybridized carbons (Fsp3) is 0.318. The van der Waals surface area contributed by atoms with Crippen LogP contribution in [-0.4, -0.2) is 47.9 Å². The van der Waals surface area contributed by atoms with E-state index in [1.54, 1.807) is 0 Å². The maximum atomic E-state index is 13.0. The molecular weight excluding hydrogens is 432 g/mol. The molecule has 0 fully saturated rings. The Kier molecular flexibility index (Phi) is 6.65. The van der Waals surface area contributed by atoms with E-state index in [4.69, 9.17) is 0 Å². The Balaban J connectivity index is 1.74. The molecule has 0 aliphatic heterocycles. The van der Waals surface area contributed by atoms with Crippen molar-refractivity contribution in [2.75, 3.05) is 20.1 Å². The summed E-state index contributed by atoms with van der Waals surface area (Å²) >= 11 is 0. The van der Waals surface area contributed by atoms with Gasteiger partial charge in [0.1, 0.15) is 0 Å². The zero-order chi connectivity index (χ0) is 23.6. The van der Waals surface area contributed by atoms with Crippen LogP contribution in [0.5, 0.6) is 0 Å². The number of likely N-dealkylation sites (N-methyl/N-ethyl adjacent to an activating group) is 1. The number of aryl methyl sites for hydroxylation is 3. The second-order valence-electron chi connectivity index (χ2n) is 7.73. The first kappa shape index (κ1) is 23.4. The minimum Gasteiger partial charge on any atom is -0.355 e. The van der Waals surface area contributed by atoms with Crippen LogP contribution in [0.4, 0.5) is 0 Å². The summed E-state index contributed by atoms with van der Waals surface area (Å²) in [5, 5.41) is 2.74. The Hall–Kier alpha value is -3.24. The molecule has 1 heterocycles. The normalized spacial score (nSPS) is 11.8. The molecule has 0 radical (unpaired) electrons. The number of amides is 1. The molecule has 9 nitrogen and oxygen atoms in total. The number of hydrogen-bond donors (Lipinski definition) is 1. The number of carbonyl (C=O) groups excluding carboxylic acids is 1. The van der Waals surface area contributed by atoms with E-state index < -0.39 is 27.0 Å². The molecule has 1 N–H and O–H groups in total. The van der Waals surface area contributed by atoms with Crippen LogP contribution in [-0.2, 0) is 35.3 Å². The van der Waals surface area contributed by atoms with Gasteiger partial charge in [-0.05, 0) is 37.1 Å². The zero-order valence-corrected chi connectivity index (χ0v) is 19.3. The molecule has 3 rings (SSSR count). The summed E-state index contributed by atoms with van der Waals surface area (Å²) in [5.41, 5.74) is 1.49. The van der Waals surface area contributed by atoms with E-state index in [0.29, 0.717) is 24.0 Å². The van der Waals surface area contributed by atoms with Gasteiger partial charge in [-0.1, -0.05) is 29.8 Å². The highest BCUT2D eigenvalue weighted by molar-refractivity contribution is 7.89. The maximum absolute atomic E-state index is 13.0. The Morgan fingerprint density at radius 1 is 1.00 bits per heavy atom. The van der Waals surface area contributed by atoms with Crippen molar-refractivity contribution >= 4 is 27.0 Å². The molecule has 32 heavy (non-hydrogen) atoms. The topological polar surface area (TPSA) is 110 Å². The molecule has 3 aromatic rings. The van der Waals surface area contributed by atoms with Gasteiger partial charge in [0, 0.05) is 27.7 Å². The van der Waals surface area contributed by atoms with Crippen molar-refractivity contribution in [3.05, 3.63) is 74.3 Å². The summed E-state index contributed by atoms with van der Waals surface area (Å²) in [5.74, 6) is -0.417. The van der Waals surface area contributed by atoms with Crippen LogP contribution in [0.25, 0.3) is 11.0 Å². The van der Waals surface area contributed by atoms with Gasteiger partial charge in [-0.2, -0.15) is 4.31 Å². The highest BCUT2D eigenvalue weighted by Gasteiger charge is 2.24. The molecule has 0 bridgehead atoms. The quantitative estimate of drug-likeness (QED) is 0.519. The molecule has 0 atom stereocenters. The van der Waals surface area contributed by atoms with Gasteiger partial charge in [-0.15, -0.1) is 0 Å². The number of fused-ring (bicyclic) bond motifs is 1. The summed E-state index contributed by atoms with van der Waals surface area (Å²) in [6.45, 7) is 2.04. The Morgan fingerprint density at radius 3 is 2.31 bits per heavy atom. The van der Waals surface area contributed by atoms with Crippen LogP contribution in [0, 0.1) is 6.92 Å². The molecule has 10 heteroatoms. The number of hydrogen-bond acceptors (Lipinski definition) is 5. The van der Waals surface area contributed by atoms with Crippen molar-refractivity contribution in [2.24, 2.45) is 14.1 Å². The number of carbonyl (C=O) groups is 1. The summed E-state index contributed by atoms with van der Waals surface area (Å²) < 4.78 is 29.2. The van der Waals surface area contributed by atoms with Gasteiger partial charge in [-0.25, -0.2) is 8.42 Å². The van der Waals surface area contributed by atoms with E-state index in [9.17, 15) is 22.8 Å². The number of nitrogens with zero attached hydrogens (tertiary/aromatic N) is 3. The number of nitrogens with one attached hydrogen (secondary N) is 1. The smallest absolute Gasteiger partial charge is 0.316 e. The van der Waals surface area contributed by atoms with Crippen molar-refractivity contribution in [1.82, 2.24) is 18.8 Å². The van der Waals surface area contributed by atoms with Crippen molar-refractivity contribution < 1.29 is 13.2 Å². The molecule has 1 aromatic heterocycles. The molecule has 0 saturated carbocycles. The summed E-state index contributed by atoms with van der Waals surface area (Å²) in [4.78, 5) is 36.3. The predicted molar refractivity (Wildman–Crippen MR) is 122 cm³/mol. The monoisotopic (exact) mass is 458 g/mol. The average Bonchev–Trinajstić information content (AvgIpc) is 2.75. The summed E-state index contributed by atoms with van der Waals surface area (Å²) in [6, 6.07) is 12.1. The highest BCUT2D eigenvalue weighted by atomic mass is 32.2. The number of aromatic nitrogens is 2. The van der Waals surface area contributed by atoms with Crippen LogP contribution in [0.1, 0.15) is 11.1 Å². The highest BCUT2D eigenvalue weighted by Crippen LogP contribution is 2.19. The first-order valence-electron chi connectivity index (χ1n) is 10.0. The summed E-state index contributed by atoms with van der Waals surface area (Å²) in [7, 11) is 0.190. The first-order valence-corrected chi connectivity index (χ1v) is 11.4. The van der Waals surface area contributed by atoms with E-state index in [1.165, 1.54) is 43.9 Å². The van der Waals surface area contributed by atoms with E-state index >= 15 is 0 Å². The molecule has 1 amide bonds. The molecule has 0 aliphatic rings. The molecule has 0 aliphatic carbocycles. The van der Waals surface area contributed by atoms with Crippen LogP contribution in [0.2, 0.25) is 0 Å². The van der Waals surface area contributed by atoms with E-state index in [0.717, 1.165) is 20.0 Å². The lowest BCUT2D eigenvalue weighted by atomic mass is 10.1. The van der Waals surface area contributed by atoms with Crippen LogP contribution >= 0.6 is 0 Å². The minimum atomic E-state index is -3.99. The van der Waals surface area contributed by atoms with Gasteiger partial charge < -0.3 is 14.5 Å². The Morgan fingerprint density at radius 2 is 1.66 bits per heavy atom. The second-order valence-corrected chi connectivity index (χ2v) is 9.77. The zero-order valence-electron chi connectivity index (χ0n) is 18.5. The van der Waals surface area contributed by atoms with E-state index in [1.807, 2.05) is 31.2 Å². The largest absolute Gasteiger partial charge is 0.355 e. The minimum absolute atomic E-state index is 0.0753. The van der Waals surface area contributed by atoms with Crippen LogP contribution in [0.15, 0.2) is 56.9 Å². The number of benzene rings is 2. The lowest BCUT2D eigenvalue weighted by molar-refractivity contribution is -0.121. The lowest BCUT2D eigenvalue weighted by Gasteiger charge is -2.18. The van der Waals surface area contributed by atoms with Gasteiger partial charge in [0.25, 0.3) is 0 Å². The van der Waals surface area contributed by atoms with Crippen molar-refractivity contribution in [1.29, 1.82) is 0 Å². The number of rotatable bonds is 7. The Bertz CT molecular complexity index is 1410. The first-order chi connectivity index (χ1) is 15.0. The maximum Gasteiger partial charge on any atom is 0.316 e. The average molecular weight is 459 g/mol. The summed E-state index contributed by atoms with van der Waals surface area (Å²) in [6.07, 6.45) is 0.640. The number of sulfonamides is 1. The molecular formula is C22H26N4O5S.